The first-order valence-corrected chi connectivity index (χ1v) is 4.57. The van der Waals surface area contributed by atoms with E-state index in [4.69, 9.17) is 0 Å². The van der Waals surface area contributed by atoms with E-state index >= 15 is 0 Å². The van der Waals surface area contributed by atoms with Crippen LogP contribution < -0.4 is 0 Å². The molecule has 0 fully saturated rings. The number of hydrogen-bond acceptors (Lipinski definition) is 1. The minimum atomic E-state index is -2.99. The SMILES string of the molecule is C/C=C\CC(F)(F)C(O)CC(C)C. The van der Waals surface area contributed by atoms with Crippen LogP contribution in [0.2, 0.25) is 0 Å². The third-order valence-electron chi connectivity index (χ3n) is 1.81. The van der Waals surface area contributed by atoms with Crippen LogP contribution in [0.5, 0.6) is 0 Å². The maximum Gasteiger partial charge on any atom is 0.276 e. The first-order chi connectivity index (χ1) is 5.90. The maximum atomic E-state index is 13.1. The zero-order valence-corrected chi connectivity index (χ0v) is 8.43. The Morgan fingerprint density at radius 2 is 1.92 bits per heavy atom. The Bertz CT molecular complexity index is 164. The smallest absolute Gasteiger partial charge is 0.276 e. The quantitative estimate of drug-likeness (QED) is 0.664. The van der Waals surface area contributed by atoms with Crippen LogP contribution in [-0.4, -0.2) is 17.1 Å². The summed E-state index contributed by atoms with van der Waals surface area (Å²) in [5.41, 5.74) is 0. The highest BCUT2D eigenvalue weighted by Crippen LogP contribution is 2.27. The van der Waals surface area contributed by atoms with Crippen LogP contribution in [0.3, 0.4) is 0 Å². The summed E-state index contributed by atoms with van der Waals surface area (Å²) >= 11 is 0. The molecule has 1 atom stereocenters. The lowest BCUT2D eigenvalue weighted by atomic mass is 9.99. The second kappa shape index (κ2) is 5.32. The van der Waals surface area contributed by atoms with Crippen molar-refractivity contribution in [2.45, 2.75) is 45.6 Å². The molecule has 0 spiro atoms. The van der Waals surface area contributed by atoms with Crippen LogP contribution >= 0.6 is 0 Å². The fourth-order valence-corrected chi connectivity index (χ4v) is 1.03. The average molecular weight is 192 g/mol. The molecule has 0 saturated heterocycles. The third-order valence-corrected chi connectivity index (χ3v) is 1.81. The standard InChI is InChI=1S/C10H18F2O/c1-4-5-6-10(11,12)9(13)7-8(2)3/h4-5,8-9,13H,6-7H2,1-3H3/b5-4-. The molecule has 0 aliphatic rings. The van der Waals surface area contributed by atoms with Crippen molar-refractivity contribution >= 4 is 0 Å². The average Bonchev–Trinajstić information content (AvgIpc) is 1.99. The van der Waals surface area contributed by atoms with Crippen molar-refractivity contribution in [3.8, 4) is 0 Å². The second-order valence-corrected chi connectivity index (χ2v) is 3.68. The molecule has 0 heterocycles. The maximum absolute atomic E-state index is 13.1. The van der Waals surface area contributed by atoms with Gasteiger partial charge in [-0.05, 0) is 19.3 Å². The fourth-order valence-electron chi connectivity index (χ4n) is 1.03. The van der Waals surface area contributed by atoms with Gasteiger partial charge in [-0.25, -0.2) is 8.78 Å². The zero-order chi connectivity index (χ0) is 10.5. The second-order valence-electron chi connectivity index (χ2n) is 3.68. The molecular weight excluding hydrogens is 174 g/mol. The monoisotopic (exact) mass is 192 g/mol. The van der Waals surface area contributed by atoms with Crippen LogP contribution in [0.4, 0.5) is 8.78 Å². The van der Waals surface area contributed by atoms with E-state index in [0.717, 1.165) is 0 Å². The molecule has 1 unspecified atom stereocenters. The minimum absolute atomic E-state index is 0.0893. The number of alkyl halides is 2. The summed E-state index contributed by atoms with van der Waals surface area (Å²) in [4.78, 5) is 0. The summed E-state index contributed by atoms with van der Waals surface area (Å²) in [5.74, 6) is -2.90. The molecule has 0 aliphatic heterocycles. The van der Waals surface area contributed by atoms with Crippen LogP contribution in [0, 0.1) is 5.92 Å². The van der Waals surface area contributed by atoms with E-state index in [0.29, 0.717) is 0 Å². The molecule has 0 aromatic rings. The molecule has 3 heteroatoms. The highest BCUT2D eigenvalue weighted by Gasteiger charge is 2.36. The predicted octanol–water partition coefficient (Wildman–Crippen LogP) is 2.99. The lowest BCUT2D eigenvalue weighted by molar-refractivity contribution is -0.112. The molecule has 1 N–H and O–H groups in total. The summed E-state index contributed by atoms with van der Waals surface area (Å²) in [7, 11) is 0. The molecule has 0 aliphatic carbocycles. The van der Waals surface area contributed by atoms with E-state index in [1.54, 1.807) is 13.0 Å². The lowest BCUT2D eigenvalue weighted by Gasteiger charge is -2.22. The Hall–Kier alpha value is -0.440. The van der Waals surface area contributed by atoms with Crippen molar-refractivity contribution in [1.82, 2.24) is 0 Å². The first kappa shape index (κ1) is 12.6. The van der Waals surface area contributed by atoms with Crippen molar-refractivity contribution in [2.75, 3.05) is 0 Å². The number of aliphatic hydroxyl groups is 1. The van der Waals surface area contributed by atoms with Crippen LogP contribution in [-0.2, 0) is 0 Å². The van der Waals surface area contributed by atoms with E-state index < -0.39 is 12.0 Å². The van der Waals surface area contributed by atoms with Gasteiger partial charge in [0.25, 0.3) is 5.92 Å². The van der Waals surface area contributed by atoms with Gasteiger partial charge in [0.2, 0.25) is 0 Å². The summed E-state index contributed by atoms with van der Waals surface area (Å²) in [5, 5.41) is 9.19. The number of aliphatic hydroxyl groups excluding tert-OH is 1. The van der Waals surface area contributed by atoms with Crippen molar-refractivity contribution < 1.29 is 13.9 Å². The number of rotatable bonds is 5. The first-order valence-electron chi connectivity index (χ1n) is 4.57. The van der Waals surface area contributed by atoms with E-state index in [-0.39, 0.29) is 18.8 Å². The van der Waals surface area contributed by atoms with Crippen LogP contribution in [0.15, 0.2) is 12.2 Å². The van der Waals surface area contributed by atoms with E-state index in [1.165, 1.54) is 6.08 Å². The molecule has 13 heavy (non-hydrogen) atoms. The Labute approximate surface area is 78.5 Å². The van der Waals surface area contributed by atoms with Gasteiger partial charge < -0.3 is 5.11 Å². The van der Waals surface area contributed by atoms with Gasteiger partial charge in [0.1, 0.15) is 6.10 Å². The molecule has 1 nitrogen and oxygen atoms in total. The van der Waals surface area contributed by atoms with Crippen LogP contribution in [0.25, 0.3) is 0 Å². The Balaban J connectivity index is 4.09. The molecular formula is C10H18F2O. The minimum Gasteiger partial charge on any atom is -0.387 e. The van der Waals surface area contributed by atoms with Gasteiger partial charge in [0.15, 0.2) is 0 Å². The Morgan fingerprint density at radius 3 is 2.31 bits per heavy atom. The van der Waals surface area contributed by atoms with Crippen molar-refractivity contribution in [2.24, 2.45) is 5.92 Å². The third kappa shape index (κ3) is 4.98. The van der Waals surface area contributed by atoms with E-state index in [1.807, 2.05) is 13.8 Å². The predicted molar refractivity (Wildman–Crippen MR) is 49.8 cm³/mol. The van der Waals surface area contributed by atoms with E-state index in [2.05, 4.69) is 0 Å². The molecule has 0 bridgehead atoms. The van der Waals surface area contributed by atoms with Crippen molar-refractivity contribution in [3.05, 3.63) is 12.2 Å². The summed E-state index contributed by atoms with van der Waals surface area (Å²) in [6, 6.07) is 0. The van der Waals surface area contributed by atoms with Gasteiger partial charge in [-0.2, -0.15) is 0 Å². The van der Waals surface area contributed by atoms with Gasteiger partial charge in [-0.1, -0.05) is 26.0 Å². The molecule has 0 radical (unpaired) electrons. The van der Waals surface area contributed by atoms with Gasteiger partial charge in [0.05, 0.1) is 0 Å². The molecule has 0 amide bonds. The highest BCUT2D eigenvalue weighted by atomic mass is 19.3. The molecule has 0 rings (SSSR count). The molecule has 0 aromatic carbocycles. The van der Waals surface area contributed by atoms with E-state index in [9.17, 15) is 13.9 Å². The number of allylic oxidation sites excluding steroid dienone is 2. The highest BCUT2D eigenvalue weighted by molar-refractivity contribution is 4.88. The summed E-state index contributed by atoms with van der Waals surface area (Å²) in [6.45, 7) is 5.31. The largest absolute Gasteiger partial charge is 0.387 e. The van der Waals surface area contributed by atoms with Gasteiger partial charge in [-0.3, -0.25) is 0 Å². The normalized spacial score (nSPS) is 15.6. The zero-order valence-electron chi connectivity index (χ0n) is 8.43. The van der Waals surface area contributed by atoms with Crippen molar-refractivity contribution in [3.63, 3.8) is 0 Å². The lowest BCUT2D eigenvalue weighted by Crippen LogP contribution is -2.33. The number of hydrogen-bond donors (Lipinski definition) is 1. The Morgan fingerprint density at radius 1 is 1.38 bits per heavy atom. The van der Waals surface area contributed by atoms with Crippen LogP contribution in [0.1, 0.15) is 33.6 Å². The molecule has 0 aromatic heterocycles. The van der Waals surface area contributed by atoms with Gasteiger partial charge >= 0.3 is 0 Å². The molecule has 78 valence electrons. The van der Waals surface area contributed by atoms with Crippen molar-refractivity contribution in [1.29, 1.82) is 0 Å². The number of halogens is 2. The van der Waals surface area contributed by atoms with Gasteiger partial charge in [0, 0.05) is 6.42 Å². The fraction of sp³-hybridized carbons (Fsp3) is 0.800. The summed E-state index contributed by atoms with van der Waals surface area (Å²) < 4.78 is 26.1. The Kier molecular flexibility index (Phi) is 5.14. The summed E-state index contributed by atoms with van der Waals surface area (Å²) in [6.07, 6.45) is 1.19. The van der Waals surface area contributed by atoms with Gasteiger partial charge in [-0.15, -0.1) is 0 Å². The molecule has 0 saturated carbocycles. The topological polar surface area (TPSA) is 20.2 Å².